The van der Waals surface area contributed by atoms with Gasteiger partial charge >= 0.3 is 0 Å². The summed E-state index contributed by atoms with van der Waals surface area (Å²) >= 11 is 0. The van der Waals surface area contributed by atoms with Crippen molar-refractivity contribution in [2.75, 3.05) is 20.1 Å². The number of likely N-dealkylation sites (N-methyl/N-ethyl adjacent to an activating group) is 1. The van der Waals surface area contributed by atoms with E-state index < -0.39 is 6.04 Å². The molecule has 1 fully saturated rings. The van der Waals surface area contributed by atoms with Crippen LogP contribution in [0.2, 0.25) is 0 Å². The molecule has 0 saturated carbocycles. The molecule has 0 spiro atoms. The van der Waals surface area contributed by atoms with Crippen molar-refractivity contribution < 1.29 is 9.59 Å². The Bertz CT molecular complexity index is 278. The van der Waals surface area contributed by atoms with Gasteiger partial charge in [-0.25, -0.2) is 0 Å². The number of likely N-dealkylation sites (tertiary alicyclic amines) is 1. The van der Waals surface area contributed by atoms with E-state index >= 15 is 0 Å². The largest absolute Gasteiger partial charge is 0.344 e. The Morgan fingerprint density at radius 3 is 2.69 bits per heavy atom. The van der Waals surface area contributed by atoms with Crippen LogP contribution in [0.25, 0.3) is 0 Å². The molecule has 5 heteroatoms. The number of rotatable bonds is 3. The lowest BCUT2D eigenvalue weighted by Gasteiger charge is -2.29. The van der Waals surface area contributed by atoms with Crippen molar-refractivity contribution in [1.29, 1.82) is 0 Å². The molecular weight excluding hydrogens is 206 g/mol. The predicted molar refractivity (Wildman–Crippen MR) is 61.7 cm³/mol. The summed E-state index contributed by atoms with van der Waals surface area (Å²) in [4.78, 5) is 26.4. The van der Waals surface area contributed by atoms with Gasteiger partial charge in [0.15, 0.2) is 0 Å². The van der Waals surface area contributed by atoms with Crippen LogP contribution < -0.4 is 5.73 Å². The highest BCUT2D eigenvalue weighted by Crippen LogP contribution is 2.18. The molecule has 0 aromatic rings. The maximum Gasteiger partial charge on any atom is 0.239 e. The summed E-state index contributed by atoms with van der Waals surface area (Å²) < 4.78 is 0. The molecule has 0 aliphatic carbocycles. The molecule has 0 aromatic heterocycles. The second kappa shape index (κ2) is 5.30. The van der Waals surface area contributed by atoms with E-state index in [-0.39, 0.29) is 17.9 Å². The fraction of sp³-hybridized carbons (Fsp3) is 0.818. The van der Waals surface area contributed by atoms with Gasteiger partial charge in [0.1, 0.15) is 0 Å². The molecule has 1 heterocycles. The first-order valence-electron chi connectivity index (χ1n) is 5.71. The molecule has 2 atom stereocenters. The molecule has 0 unspecified atom stereocenters. The van der Waals surface area contributed by atoms with E-state index in [4.69, 9.17) is 5.73 Å². The molecule has 1 aliphatic heterocycles. The lowest BCUT2D eigenvalue weighted by Crippen LogP contribution is -2.48. The molecule has 1 aliphatic rings. The van der Waals surface area contributed by atoms with Gasteiger partial charge in [-0.3, -0.25) is 9.59 Å². The Hall–Kier alpha value is -1.10. The summed E-state index contributed by atoms with van der Waals surface area (Å²) in [5.74, 6) is 0.0135. The predicted octanol–water partition coefficient (Wildman–Crippen LogP) is -0.197. The third-order valence-electron chi connectivity index (χ3n) is 3.07. The van der Waals surface area contributed by atoms with E-state index in [0.29, 0.717) is 6.54 Å². The summed E-state index contributed by atoms with van der Waals surface area (Å²) in [7, 11) is 1.76. The van der Waals surface area contributed by atoms with Gasteiger partial charge in [-0.1, -0.05) is 0 Å². The standard InChI is InChI=1S/C11H21N3O2/c1-8(12)11(16)14-6-4-5-10(14)7-13(3)9(2)15/h8,10H,4-7,12H2,1-3H3/t8-,10-/m0/s1. The minimum Gasteiger partial charge on any atom is -0.344 e. The molecule has 0 bridgehead atoms. The number of amides is 2. The molecule has 0 aromatic carbocycles. The fourth-order valence-corrected chi connectivity index (χ4v) is 2.02. The summed E-state index contributed by atoms with van der Waals surface area (Å²) in [6.45, 7) is 4.60. The second-order valence-electron chi connectivity index (χ2n) is 4.52. The van der Waals surface area contributed by atoms with E-state index in [1.54, 1.807) is 18.9 Å². The van der Waals surface area contributed by atoms with Crippen molar-refractivity contribution in [3.05, 3.63) is 0 Å². The first kappa shape index (κ1) is 13.0. The monoisotopic (exact) mass is 227 g/mol. The zero-order chi connectivity index (χ0) is 12.3. The summed E-state index contributed by atoms with van der Waals surface area (Å²) in [6.07, 6.45) is 1.95. The zero-order valence-corrected chi connectivity index (χ0v) is 10.3. The minimum absolute atomic E-state index is 0.0144. The number of nitrogens with zero attached hydrogens (tertiary/aromatic N) is 2. The van der Waals surface area contributed by atoms with Crippen LogP contribution in [0.5, 0.6) is 0 Å². The molecule has 0 radical (unpaired) electrons. The Morgan fingerprint density at radius 2 is 2.19 bits per heavy atom. The summed E-state index contributed by atoms with van der Waals surface area (Å²) in [5.41, 5.74) is 5.60. The minimum atomic E-state index is -0.455. The van der Waals surface area contributed by atoms with Gasteiger partial charge in [0.2, 0.25) is 11.8 Å². The van der Waals surface area contributed by atoms with Crippen LogP contribution in [-0.4, -0.2) is 53.8 Å². The Kier molecular flexibility index (Phi) is 4.29. The third kappa shape index (κ3) is 2.95. The molecule has 2 amide bonds. The van der Waals surface area contributed by atoms with Crippen molar-refractivity contribution >= 4 is 11.8 Å². The Labute approximate surface area is 96.6 Å². The number of hydrogen-bond acceptors (Lipinski definition) is 3. The van der Waals surface area contributed by atoms with Crippen LogP contribution in [0, 0.1) is 0 Å². The highest BCUT2D eigenvalue weighted by Gasteiger charge is 2.31. The van der Waals surface area contributed by atoms with Crippen molar-refractivity contribution in [3.63, 3.8) is 0 Å². The topological polar surface area (TPSA) is 66.6 Å². The number of carbonyl (C=O) groups excluding carboxylic acids is 2. The molecule has 1 rings (SSSR count). The van der Waals surface area contributed by atoms with E-state index in [1.807, 2.05) is 4.90 Å². The van der Waals surface area contributed by atoms with Crippen LogP contribution in [0.4, 0.5) is 0 Å². The molecular formula is C11H21N3O2. The maximum absolute atomic E-state index is 11.8. The van der Waals surface area contributed by atoms with Crippen LogP contribution in [0.1, 0.15) is 26.7 Å². The Balaban J connectivity index is 2.59. The molecule has 5 nitrogen and oxygen atoms in total. The van der Waals surface area contributed by atoms with Gasteiger partial charge in [0.05, 0.1) is 6.04 Å². The van der Waals surface area contributed by atoms with E-state index in [1.165, 1.54) is 6.92 Å². The second-order valence-corrected chi connectivity index (χ2v) is 4.52. The van der Waals surface area contributed by atoms with Gasteiger partial charge in [-0.2, -0.15) is 0 Å². The number of hydrogen-bond donors (Lipinski definition) is 1. The van der Waals surface area contributed by atoms with E-state index in [0.717, 1.165) is 19.4 Å². The van der Waals surface area contributed by atoms with Crippen LogP contribution in [0.3, 0.4) is 0 Å². The van der Waals surface area contributed by atoms with Crippen LogP contribution >= 0.6 is 0 Å². The highest BCUT2D eigenvalue weighted by atomic mass is 16.2. The summed E-state index contributed by atoms with van der Waals surface area (Å²) in [5, 5.41) is 0. The van der Waals surface area contributed by atoms with Gasteiger partial charge in [0, 0.05) is 33.1 Å². The summed E-state index contributed by atoms with van der Waals surface area (Å²) in [6, 6.07) is -0.323. The fourth-order valence-electron chi connectivity index (χ4n) is 2.02. The lowest BCUT2D eigenvalue weighted by atomic mass is 10.2. The smallest absolute Gasteiger partial charge is 0.239 e. The highest BCUT2D eigenvalue weighted by molar-refractivity contribution is 5.82. The van der Waals surface area contributed by atoms with Crippen molar-refractivity contribution in [2.45, 2.75) is 38.8 Å². The van der Waals surface area contributed by atoms with Gasteiger partial charge in [-0.05, 0) is 19.8 Å². The SMILES string of the molecule is CC(=O)N(C)C[C@@H]1CCCN1C(=O)[C@H](C)N. The third-order valence-corrected chi connectivity index (χ3v) is 3.07. The van der Waals surface area contributed by atoms with Crippen molar-refractivity contribution in [2.24, 2.45) is 5.73 Å². The molecule has 92 valence electrons. The van der Waals surface area contributed by atoms with E-state index in [2.05, 4.69) is 0 Å². The quantitative estimate of drug-likeness (QED) is 0.726. The molecule has 2 N–H and O–H groups in total. The van der Waals surface area contributed by atoms with Crippen LogP contribution in [0.15, 0.2) is 0 Å². The molecule has 16 heavy (non-hydrogen) atoms. The normalized spacial score (nSPS) is 22.0. The zero-order valence-electron chi connectivity index (χ0n) is 10.3. The van der Waals surface area contributed by atoms with Crippen molar-refractivity contribution in [1.82, 2.24) is 9.80 Å². The average molecular weight is 227 g/mol. The van der Waals surface area contributed by atoms with Crippen LogP contribution in [-0.2, 0) is 9.59 Å². The first-order chi connectivity index (χ1) is 7.43. The number of carbonyl (C=O) groups is 2. The molecule has 1 saturated heterocycles. The van der Waals surface area contributed by atoms with E-state index in [9.17, 15) is 9.59 Å². The average Bonchev–Trinajstić information content (AvgIpc) is 2.64. The Morgan fingerprint density at radius 1 is 1.56 bits per heavy atom. The van der Waals surface area contributed by atoms with Crippen molar-refractivity contribution in [3.8, 4) is 0 Å². The maximum atomic E-state index is 11.8. The van der Waals surface area contributed by atoms with Gasteiger partial charge in [0.25, 0.3) is 0 Å². The van der Waals surface area contributed by atoms with Gasteiger partial charge < -0.3 is 15.5 Å². The lowest BCUT2D eigenvalue weighted by molar-refractivity contribution is -0.135. The van der Waals surface area contributed by atoms with Gasteiger partial charge in [-0.15, -0.1) is 0 Å². The number of nitrogens with two attached hydrogens (primary N) is 1. The first-order valence-corrected chi connectivity index (χ1v) is 5.71.